The lowest BCUT2D eigenvalue weighted by Crippen LogP contribution is -2.04. The van der Waals surface area contributed by atoms with E-state index in [-0.39, 0.29) is 0 Å². The van der Waals surface area contributed by atoms with Crippen molar-refractivity contribution in [3.8, 4) is 11.8 Å². The Kier molecular flexibility index (Phi) is 7.98. The number of rotatable bonds is 7. The predicted octanol–water partition coefficient (Wildman–Crippen LogP) is 7.80. The fraction of sp³-hybridized carbons (Fsp3) is 0.429. The first-order valence-electron chi connectivity index (χ1n) is 11.2. The first kappa shape index (κ1) is 20.5. The normalized spacial score (nSPS) is 16.2. The van der Waals surface area contributed by atoms with Gasteiger partial charge in [-0.15, -0.1) is 0 Å². The third kappa shape index (κ3) is 6.13. The van der Waals surface area contributed by atoms with Crippen molar-refractivity contribution in [2.24, 2.45) is 5.92 Å². The van der Waals surface area contributed by atoms with Gasteiger partial charge in [0, 0.05) is 11.1 Å². The second kappa shape index (κ2) is 10.9. The standard InChI is InChI=1S/C28H34/c1-3-5-6-8-24-9-11-25(12-10-24)13-14-26-17-21-28(22-18-26)27-19-15-23(7-4-2)16-20-27/h9-12,17-19,21-23H,3-8,15-16,20H2,1-2H3. The van der Waals surface area contributed by atoms with Crippen LogP contribution in [0.15, 0.2) is 54.6 Å². The summed E-state index contributed by atoms with van der Waals surface area (Å²) in [5.74, 6) is 7.53. The quantitative estimate of drug-likeness (QED) is 0.344. The Labute approximate surface area is 172 Å². The van der Waals surface area contributed by atoms with E-state index < -0.39 is 0 Å². The zero-order chi connectivity index (χ0) is 19.6. The third-order valence-electron chi connectivity index (χ3n) is 5.85. The van der Waals surface area contributed by atoms with Gasteiger partial charge in [-0.2, -0.15) is 0 Å². The van der Waals surface area contributed by atoms with Crippen LogP contribution in [0, 0.1) is 17.8 Å². The molecule has 0 heteroatoms. The molecule has 0 aliphatic heterocycles. The molecule has 3 rings (SSSR count). The van der Waals surface area contributed by atoms with Gasteiger partial charge in [-0.25, -0.2) is 0 Å². The molecule has 0 radical (unpaired) electrons. The highest BCUT2D eigenvalue weighted by atomic mass is 14.2. The molecule has 0 nitrogen and oxygen atoms in total. The van der Waals surface area contributed by atoms with E-state index in [1.165, 1.54) is 74.5 Å². The van der Waals surface area contributed by atoms with Crippen LogP contribution in [0.2, 0.25) is 0 Å². The molecule has 1 aliphatic carbocycles. The monoisotopic (exact) mass is 370 g/mol. The predicted molar refractivity (Wildman–Crippen MR) is 122 cm³/mol. The van der Waals surface area contributed by atoms with Crippen molar-refractivity contribution < 1.29 is 0 Å². The SMILES string of the molecule is CCCCCc1ccc(C#Cc2ccc(C3=CCC(CCC)CC3)cc2)cc1. The molecule has 0 fully saturated rings. The Morgan fingerprint density at radius 3 is 2.07 bits per heavy atom. The maximum absolute atomic E-state index is 3.32. The van der Waals surface area contributed by atoms with Crippen molar-refractivity contribution in [3.63, 3.8) is 0 Å². The summed E-state index contributed by atoms with van der Waals surface area (Å²) >= 11 is 0. The van der Waals surface area contributed by atoms with E-state index in [0.29, 0.717) is 0 Å². The number of benzene rings is 2. The number of aryl methyl sites for hydroxylation is 1. The average molecular weight is 371 g/mol. The summed E-state index contributed by atoms with van der Waals surface area (Å²) in [5, 5.41) is 0. The second-order valence-corrected chi connectivity index (χ2v) is 8.14. The Hall–Kier alpha value is -2.26. The maximum Gasteiger partial charge on any atom is 0.0249 e. The number of hydrogen-bond acceptors (Lipinski definition) is 0. The minimum atomic E-state index is 0.900. The van der Waals surface area contributed by atoms with E-state index in [0.717, 1.165) is 17.0 Å². The third-order valence-corrected chi connectivity index (χ3v) is 5.85. The second-order valence-electron chi connectivity index (χ2n) is 8.14. The van der Waals surface area contributed by atoms with Crippen LogP contribution in [-0.2, 0) is 6.42 Å². The zero-order valence-corrected chi connectivity index (χ0v) is 17.6. The highest BCUT2D eigenvalue weighted by Gasteiger charge is 2.14. The maximum atomic E-state index is 3.32. The summed E-state index contributed by atoms with van der Waals surface area (Å²) in [7, 11) is 0. The Morgan fingerprint density at radius 1 is 0.821 bits per heavy atom. The molecule has 0 heterocycles. The fourth-order valence-electron chi connectivity index (χ4n) is 4.07. The van der Waals surface area contributed by atoms with Crippen LogP contribution in [-0.4, -0.2) is 0 Å². The molecule has 146 valence electrons. The summed E-state index contributed by atoms with van der Waals surface area (Å²) in [4.78, 5) is 0. The highest BCUT2D eigenvalue weighted by Crippen LogP contribution is 2.32. The van der Waals surface area contributed by atoms with Crippen LogP contribution in [0.5, 0.6) is 0 Å². The molecule has 28 heavy (non-hydrogen) atoms. The van der Waals surface area contributed by atoms with E-state index in [2.05, 4.69) is 80.3 Å². The van der Waals surface area contributed by atoms with Crippen molar-refractivity contribution in [2.75, 3.05) is 0 Å². The highest BCUT2D eigenvalue weighted by molar-refractivity contribution is 5.67. The molecule has 1 atom stereocenters. The summed E-state index contributed by atoms with van der Waals surface area (Å²) in [6.45, 7) is 4.54. The van der Waals surface area contributed by atoms with Crippen LogP contribution < -0.4 is 0 Å². The van der Waals surface area contributed by atoms with E-state index in [9.17, 15) is 0 Å². The van der Waals surface area contributed by atoms with E-state index >= 15 is 0 Å². The molecule has 1 aliphatic rings. The van der Waals surface area contributed by atoms with Gasteiger partial charge in [-0.1, -0.05) is 81.7 Å². The first-order chi connectivity index (χ1) is 13.8. The van der Waals surface area contributed by atoms with Crippen molar-refractivity contribution in [3.05, 3.63) is 76.9 Å². The molecule has 0 bridgehead atoms. The van der Waals surface area contributed by atoms with Crippen LogP contribution in [0.25, 0.3) is 5.57 Å². The van der Waals surface area contributed by atoms with Crippen molar-refractivity contribution >= 4 is 5.57 Å². The largest absolute Gasteiger partial charge is 0.0804 e. The molecule has 1 unspecified atom stereocenters. The Balaban J connectivity index is 1.58. The molecular formula is C28H34. The fourth-order valence-corrected chi connectivity index (χ4v) is 4.07. The van der Waals surface area contributed by atoms with Gasteiger partial charge in [0.2, 0.25) is 0 Å². The number of hydrogen-bond donors (Lipinski definition) is 0. The van der Waals surface area contributed by atoms with E-state index in [1.54, 1.807) is 0 Å². The number of unbranched alkanes of at least 4 members (excludes halogenated alkanes) is 2. The molecule has 0 aromatic heterocycles. The lowest BCUT2D eigenvalue weighted by molar-refractivity contribution is 0.445. The summed E-state index contributed by atoms with van der Waals surface area (Å²) in [6.07, 6.45) is 14.0. The van der Waals surface area contributed by atoms with Crippen LogP contribution in [0.4, 0.5) is 0 Å². The summed E-state index contributed by atoms with van der Waals surface area (Å²) < 4.78 is 0. The van der Waals surface area contributed by atoms with Crippen LogP contribution in [0.3, 0.4) is 0 Å². The zero-order valence-electron chi connectivity index (χ0n) is 17.6. The molecule has 0 amide bonds. The molecule has 0 spiro atoms. The molecular weight excluding hydrogens is 336 g/mol. The van der Waals surface area contributed by atoms with Gasteiger partial charge >= 0.3 is 0 Å². The van der Waals surface area contributed by atoms with Gasteiger partial charge < -0.3 is 0 Å². The van der Waals surface area contributed by atoms with Gasteiger partial charge in [-0.05, 0) is 79.0 Å². The van der Waals surface area contributed by atoms with Gasteiger partial charge in [-0.3, -0.25) is 0 Å². The van der Waals surface area contributed by atoms with Gasteiger partial charge in [0.1, 0.15) is 0 Å². The summed E-state index contributed by atoms with van der Waals surface area (Å²) in [5.41, 5.74) is 6.50. The van der Waals surface area contributed by atoms with Gasteiger partial charge in [0.05, 0.1) is 0 Å². The van der Waals surface area contributed by atoms with Crippen LogP contribution in [0.1, 0.15) is 87.5 Å². The van der Waals surface area contributed by atoms with Crippen molar-refractivity contribution in [1.29, 1.82) is 0 Å². The van der Waals surface area contributed by atoms with E-state index in [4.69, 9.17) is 0 Å². The molecule has 2 aromatic carbocycles. The smallest absolute Gasteiger partial charge is 0.0249 e. The van der Waals surface area contributed by atoms with Crippen LogP contribution >= 0.6 is 0 Å². The Morgan fingerprint density at radius 2 is 1.50 bits per heavy atom. The molecule has 2 aromatic rings. The lowest BCUT2D eigenvalue weighted by atomic mass is 9.84. The lowest BCUT2D eigenvalue weighted by Gasteiger charge is -2.21. The molecule has 0 saturated carbocycles. The number of allylic oxidation sites excluding steroid dienone is 2. The van der Waals surface area contributed by atoms with Crippen molar-refractivity contribution in [1.82, 2.24) is 0 Å². The van der Waals surface area contributed by atoms with Crippen molar-refractivity contribution in [2.45, 2.75) is 71.6 Å². The van der Waals surface area contributed by atoms with E-state index in [1.807, 2.05) is 0 Å². The topological polar surface area (TPSA) is 0 Å². The minimum absolute atomic E-state index is 0.900. The minimum Gasteiger partial charge on any atom is -0.0804 e. The van der Waals surface area contributed by atoms with Gasteiger partial charge in [0.15, 0.2) is 0 Å². The average Bonchev–Trinajstić information content (AvgIpc) is 2.75. The summed E-state index contributed by atoms with van der Waals surface area (Å²) in [6, 6.07) is 17.6. The first-order valence-corrected chi connectivity index (χ1v) is 11.2. The molecule has 0 N–H and O–H groups in total. The van der Waals surface area contributed by atoms with Gasteiger partial charge in [0.25, 0.3) is 0 Å². The Bertz CT molecular complexity index is 809. The molecule has 0 saturated heterocycles.